The minimum atomic E-state index is -0.478. The van der Waals surface area contributed by atoms with E-state index in [1.807, 2.05) is 18.2 Å². The summed E-state index contributed by atoms with van der Waals surface area (Å²) < 4.78 is 5.14. The van der Waals surface area contributed by atoms with E-state index in [1.165, 1.54) is 13.2 Å². The number of methoxy groups -OCH3 is 1. The molecule has 0 aliphatic carbocycles. The molecule has 3 rings (SSSR count). The van der Waals surface area contributed by atoms with Crippen LogP contribution in [-0.4, -0.2) is 28.4 Å². The Bertz CT molecular complexity index is 870. The second-order valence-corrected chi connectivity index (χ2v) is 4.56. The van der Waals surface area contributed by atoms with Crippen molar-refractivity contribution in [2.75, 3.05) is 7.11 Å². The summed E-state index contributed by atoms with van der Waals surface area (Å²) >= 11 is 0. The molecule has 0 spiro atoms. The van der Waals surface area contributed by atoms with Crippen LogP contribution in [0.25, 0.3) is 10.9 Å². The first-order chi connectivity index (χ1) is 10.7. The van der Waals surface area contributed by atoms with Crippen molar-refractivity contribution in [3.05, 3.63) is 58.3 Å². The Morgan fingerprint density at radius 1 is 1.36 bits per heavy atom. The summed E-state index contributed by atoms with van der Waals surface area (Å²) in [6, 6.07) is 10.3. The molecular formula is C15H12N4O3. The number of rotatable bonds is 4. The van der Waals surface area contributed by atoms with Crippen molar-refractivity contribution in [3.63, 3.8) is 0 Å². The van der Waals surface area contributed by atoms with Crippen LogP contribution in [0.5, 0.6) is 5.75 Å². The summed E-state index contributed by atoms with van der Waals surface area (Å²) in [7, 11) is 1.40. The minimum absolute atomic E-state index is 0.0864. The van der Waals surface area contributed by atoms with Crippen LogP contribution in [0.3, 0.4) is 0 Å². The average Bonchev–Trinajstić information content (AvgIpc) is 2.99. The van der Waals surface area contributed by atoms with Crippen molar-refractivity contribution >= 4 is 28.5 Å². The predicted octanol–water partition coefficient (Wildman–Crippen LogP) is 3.23. The third kappa shape index (κ3) is 2.51. The Balaban J connectivity index is 1.98. The van der Waals surface area contributed by atoms with Crippen LogP contribution in [0, 0.1) is 10.1 Å². The van der Waals surface area contributed by atoms with Gasteiger partial charge in [-0.05, 0) is 24.3 Å². The van der Waals surface area contributed by atoms with Gasteiger partial charge in [0.1, 0.15) is 0 Å². The molecule has 0 fully saturated rings. The van der Waals surface area contributed by atoms with Crippen molar-refractivity contribution < 1.29 is 9.66 Å². The van der Waals surface area contributed by atoms with E-state index >= 15 is 0 Å². The lowest BCUT2D eigenvalue weighted by atomic mass is 10.2. The van der Waals surface area contributed by atoms with E-state index in [0.717, 1.165) is 16.6 Å². The number of para-hydroxylation sites is 1. The summed E-state index contributed by atoms with van der Waals surface area (Å²) in [4.78, 5) is 14.9. The summed E-state index contributed by atoms with van der Waals surface area (Å²) in [6.45, 7) is 0. The summed E-state index contributed by atoms with van der Waals surface area (Å²) in [5, 5.41) is 18.7. The number of aliphatic imine (C=N–C) groups is 1. The molecule has 110 valence electrons. The number of nitrogens with one attached hydrogen (secondary N) is 1. The van der Waals surface area contributed by atoms with Gasteiger partial charge in [-0.15, -0.1) is 0 Å². The molecule has 0 bridgehead atoms. The van der Waals surface area contributed by atoms with Gasteiger partial charge in [-0.25, -0.2) is 0 Å². The standard InChI is InChI=1S/C15H12N4O3/c1-22-15-10(3-2-4-14(15)19(20)21)8-16-12-5-6-13-11(7-12)9-17-18-13/h2-9H,1H3,(H,17,18). The molecular weight excluding hydrogens is 284 g/mol. The quantitative estimate of drug-likeness (QED) is 0.454. The van der Waals surface area contributed by atoms with E-state index < -0.39 is 4.92 Å². The molecule has 0 aliphatic rings. The number of aromatic nitrogens is 2. The average molecular weight is 296 g/mol. The number of nitro benzene ring substituents is 1. The van der Waals surface area contributed by atoms with Gasteiger partial charge in [0.15, 0.2) is 0 Å². The van der Waals surface area contributed by atoms with Gasteiger partial charge < -0.3 is 4.74 Å². The lowest BCUT2D eigenvalue weighted by Gasteiger charge is -2.04. The number of fused-ring (bicyclic) bond motifs is 1. The molecule has 2 aromatic carbocycles. The molecule has 1 aromatic heterocycles. The highest BCUT2D eigenvalue weighted by Crippen LogP contribution is 2.30. The highest BCUT2D eigenvalue weighted by atomic mass is 16.6. The molecule has 1 heterocycles. The Kier molecular flexibility index (Phi) is 3.53. The molecule has 0 saturated carbocycles. The predicted molar refractivity (Wildman–Crippen MR) is 83.0 cm³/mol. The van der Waals surface area contributed by atoms with Gasteiger partial charge in [-0.3, -0.25) is 20.2 Å². The Morgan fingerprint density at radius 3 is 3.00 bits per heavy atom. The Hall–Kier alpha value is -3.22. The third-order valence-corrected chi connectivity index (χ3v) is 3.20. The maximum absolute atomic E-state index is 11.0. The fourth-order valence-corrected chi connectivity index (χ4v) is 2.16. The first-order valence-electron chi connectivity index (χ1n) is 6.47. The number of ether oxygens (including phenoxy) is 1. The van der Waals surface area contributed by atoms with Crippen molar-refractivity contribution in [3.8, 4) is 5.75 Å². The van der Waals surface area contributed by atoms with Crippen molar-refractivity contribution in [2.45, 2.75) is 0 Å². The van der Waals surface area contributed by atoms with E-state index in [9.17, 15) is 10.1 Å². The first kappa shape index (κ1) is 13.7. The summed E-state index contributed by atoms with van der Waals surface area (Å²) in [6.07, 6.45) is 3.26. The normalized spacial score (nSPS) is 11.1. The number of aromatic amines is 1. The van der Waals surface area contributed by atoms with Gasteiger partial charge >= 0.3 is 5.69 Å². The lowest BCUT2D eigenvalue weighted by molar-refractivity contribution is -0.385. The van der Waals surface area contributed by atoms with Gasteiger partial charge in [0.25, 0.3) is 0 Å². The summed E-state index contributed by atoms with van der Waals surface area (Å²) in [5.41, 5.74) is 2.11. The fourth-order valence-electron chi connectivity index (χ4n) is 2.16. The SMILES string of the molecule is COc1c(C=Nc2ccc3[nH]ncc3c2)cccc1[N+](=O)[O-]. The molecule has 7 nitrogen and oxygen atoms in total. The van der Waals surface area contributed by atoms with Crippen molar-refractivity contribution in [2.24, 2.45) is 4.99 Å². The molecule has 0 amide bonds. The van der Waals surface area contributed by atoms with Crippen molar-refractivity contribution in [1.82, 2.24) is 10.2 Å². The monoisotopic (exact) mass is 296 g/mol. The number of nitro groups is 1. The van der Waals surface area contributed by atoms with Gasteiger partial charge in [0.05, 0.1) is 29.4 Å². The number of hydrogen-bond acceptors (Lipinski definition) is 5. The molecule has 7 heteroatoms. The largest absolute Gasteiger partial charge is 0.490 e. The molecule has 22 heavy (non-hydrogen) atoms. The summed E-state index contributed by atoms with van der Waals surface area (Å²) in [5.74, 6) is 0.195. The Labute approximate surface area is 125 Å². The molecule has 0 atom stereocenters. The number of hydrogen-bond donors (Lipinski definition) is 1. The first-order valence-corrected chi connectivity index (χ1v) is 6.47. The molecule has 0 radical (unpaired) electrons. The molecule has 1 N–H and O–H groups in total. The smallest absolute Gasteiger partial charge is 0.311 e. The maximum atomic E-state index is 11.0. The van der Waals surface area contributed by atoms with E-state index in [0.29, 0.717) is 5.56 Å². The van der Waals surface area contributed by atoms with Crippen LogP contribution >= 0.6 is 0 Å². The molecule has 0 saturated heterocycles. The molecule has 3 aromatic rings. The van der Waals surface area contributed by atoms with E-state index in [-0.39, 0.29) is 11.4 Å². The van der Waals surface area contributed by atoms with Crippen LogP contribution in [0.1, 0.15) is 5.56 Å². The topological polar surface area (TPSA) is 93.4 Å². The highest BCUT2D eigenvalue weighted by Gasteiger charge is 2.16. The van der Waals surface area contributed by atoms with Gasteiger partial charge in [-0.1, -0.05) is 6.07 Å². The second-order valence-electron chi connectivity index (χ2n) is 4.56. The van der Waals surface area contributed by atoms with Crippen LogP contribution in [0.15, 0.2) is 47.6 Å². The number of benzene rings is 2. The lowest BCUT2D eigenvalue weighted by Crippen LogP contribution is -1.97. The Morgan fingerprint density at radius 2 is 2.23 bits per heavy atom. The second kappa shape index (κ2) is 5.65. The van der Waals surface area contributed by atoms with E-state index in [1.54, 1.807) is 24.5 Å². The van der Waals surface area contributed by atoms with E-state index in [4.69, 9.17) is 4.74 Å². The van der Waals surface area contributed by atoms with Crippen LogP contribution in [-0.2, 0) is 0 Å². The van der Waals surface area contributed by atoms with Crippen LogP contribution < -0.4 is 4.74 Å². The zero-order valence-electron chi connectivity index (χ0n) is 11.7. The maximum Gasteiger partial charge on any atom is 0.311 e. The zero-order valence-corrected chi connectivity index (χ0v) is 11.7. The van der Waals surface area contributed by atoms with E-state index in [2.05, 4.69) is 15.2 Å². The minimum Gasteiger partial charge on any atom is -0.490 e. The van der Waals surface area contributed by atoms with Gasteiger partial charge in [0.2, 0.25) is 5.75 Å². The van der Waals surface area contributed by atoms with Crippen molar-refractivity contribution in [1.29, 1.82) is 0 Å². The highest BCUT2D eigenvalue weighted by molar-refractivity contribution is 5.89. The van der Waals surface area contributed by atoms with Gasteiger partial charge in [0, 0.05) is 23.2 Å². The van der Waals surface area contributed by atoms with Gasteiger partial charge in [-0.2, -0.15) is 5.10 Å². The van der Waals surface area contributed by atoms with Crippen LogP contribution in [0.4, 0.5) is 11.4 Å². The molecule has 0 unspecified atom stereocenters. The van der Waals surface area contributed by atoms with Crippen LogP contribution in [0.2, 0.25) is 0 Å². The fraction of sp³-hybridized carbons (Fsp3) is 0.0667. The number of nitrogens with zero attached hydrogens (tertiary/aromatic N) is 3. The zero-order chi connectivity index (χ0) is 15.5. The molecule has 0 aliphatic heterocycles. The third-order valence-electron chi connectivity index (χ3n) is 3.20. The number of H-pyrrole nitrogens is 1.